The first-order valence-corrected chi connectivity index (χ1v) is 9.40. The molecule has 2 heterocycles. The number of aliphatic hydroxyl groups excluding tert-OH is 1. The fraction of sp³-hybridized carbons (Fsp3) is 0.250. The number of rotatable bonds is 7. The number of carbonyl (C=O) groups excluding carboxylic acids is 1. The van der Waals surface area contributed by atoms with E-state index in [1.54, 1.807) is 23.0 Å². The van der Waals surface area contributed by atoms with Crippen molar-refractivity contribution in [2.24, 2.45) is 7.05 Å². The van der Waals surface area contributed by atoms with E-state index in [1.807, 2.05) is 47.8 Å². The van der Waals surface area contributed by atoms with Gasteiger partial charge in [-0.25, -0.2) is 4.98 Å². The lowest BCUT2D eigenvalue weighted by Gasteiger charge is -2.07. The maximum Gasteiger partial charge on any atom is 0.306 e. The Hall–Kier alpha value is -3.11. The molecule has 3 aromatic rings. The van der Waals surface area contributed by atoms with Gasteiger partial charge in [0.05, 0.1) is 11.0 Å². The first-order valence-electron chi connectivity index (χ1n) is 8.52. The Labute approximate surface area is 161 Å². The maximum atomic E-state index is 11.9. The molecule has 0 fully saturated rings. The summed E-state index contributed by atoms with van der Waals surface area (Å²) in [5.41, 5.74) is 1.57. The number of nitriles is 1. The van der Waals surface area contributed by atoms with E-state index >= 15 is 0 Å². The first kappa shape index (κ1) is 18.7. The van der Waals surface area contributed by atoms with Crippen molar-refractivity contribution in [1.29, 1.82) is 5.26 Å². The van der Waals surface area contributed by atoms with Crippen molar-refractivity contribution in [3.05, 3.63) is 58.2 Å². The molecule has 6 nitrogen and oxygen atoms in total. The number of para-hydroxylation sites is 2. The lowest BCUT2D eigenvalue weighted by Crippen LogP contribution is -2.10. The molecule has 2 aromatic heterocycles. The summed E-state index contributed by atoms with van der Waals surface area (Å²) in [5, 5.41) is 21.7. The van der Waals surface area contributed by atoms with Gasteiger partial charge in [0.15, 0.2) is 11.6 Å². The quantitative estimate of drug-likeness (QED) is 0.380. The monoisotopic (exact) mass is 381 g/mol. The highest BCUT2D eigenvalue weighted by molar-refractivity contribution is 7.09. The summed E-state index contributed by atoms with van der Waals surface area (Å²) in [6.45, 7) is -0.343. The number of carbonyl (C=O) groups is 1. The summed E-state index contributed by atoms with van der Waals surface area (Å²) in [6.07, 6.45) is 1.76. The molecule has 1 N–H and O–H groups in total. The molecule has 0 unspecified atom stereocenters. The Bertz CT molecular complexity index is 1010. The van der Waals surface area contributed by atoms with E-state index in [2.05, 4.69) is 4.98 Å². The van der Waals surface area contributed by atoms with Gasteiger partial charge in [-0.15, -0.1) is 11.3 Å². The van der Waals surface area contributed by atoms with Crippen LogP contribution < -0.4 is 0 Å². The number of aromatic nitrogens is 2. The normalized spacial score (nSPS) is 11.9. The Morgan fingerprint density at radius 1 is 1.33 bits per heavy atom. The van der Waals surface area contributed by atoms with Crippen LogP contribution in [0.5, 0.6) is 0 Å². The molecule has 0 amide bonds. The van der Waals surface area contributed by atoms with Crippen LogP contribution in [0.15, 0.2) is 47.5 Å². The van der Waals surface area contributed by atoms with Crippen molar-refractivity contribution in [1.82, 2.24) is 9.55 Å². The minimum atomic E-state index is -0.402. The molecular formula is C20H19N3O3S. The van der Waals surface area contributed by atoms with Crippen LogP contribution in [0.25, 0.3) is 16.6 Å². The number of ether oxygens (including phenoxy) is 1. The number of thiophene rings is 1. The van der Waals surface area contributed by atoms with Gasteiger partial charge < -0.3 is 14.4 Å². The van der Waals surface area contributed by atoms with Crippen LogP contribution in [0, 0.1) is 11.3 Å². The van der Waals surface area contributed by atoms with Gasteiger partial charge in [-0.2, -0.15) is 5.26 Å². The van der Waals surface area contributed by atoms with Crippen LogP contribution in [0.4, 0.5) is 0 Å². The molecule has 27 heavy (non-hydrogen) atoms. The summed E-state index contributed by atoms with van der Waals surface area (Å²) >= 11 is 1.66. The van der Waals surface area contributed by atoms with Crippen molar-refractivity contribution < 1.29 is 14.6 Å². The maximum absolute atomic E-state index is 11.9. The molecule has 0 bridgehead atoms. The zero-order valence-electron chi connectivity index (χ0n) is 14.9. The van der Waals surface area contributed by atoms with Gasteiger partial charge in [0, 0.05) is 18.3 Å². The molecule has 0 atom stereocenters. The van der Waals surface area contributed by atoms with Crippen molar-refractivity contribution in [3.8, 4) is 6.07 Å². The molecule has 0 saturated heterocycles. The summed E-state index contributed by atoms with van der Waals surface area (Å²) in [7, 11) is 1.77. The average molecular weight is 381 g/mol. The number of imidazole rings is 1. The van der Waals surface area contributed by atoms with Crippen molar-refractivity contribution in [2.45, 2.75) is 19.3 Å². The number of esters is 1. The highest BCUT2D eigenvalue weighted by atomic mass is 32.1. The van der Waals surface area contributed by atoms with Crippen LogP contribution >= 0.6 is 11.3 Å². The van der Waals surface area contributed by atoms with Gasteiger partial charge in [-0.1, -0.05) is 18.2 Å². The van der Waals surface area contributed by atoms with Crippen LogP contribution in [-0.2, 0) is 23.0 Å². The molecule has 1 aromatic carbocycles. The third-order valence-corrected chi connectivity index (χ3v) is 5.10. The van der Waals surface area contributed by atoms with E-state index < -0.39 is 5.97 Å². The van der Waals surface area contributed by atoms with Gasteiger partial charge in [0.1, 0.15) is 18.2 Å². The Balaban J connectivity index is 1.63. The molecule has 0 spiro atoms. The second-order valence-electron chi connectivity index (χ2n) is 6.01. The number of aryl methyl sites for hydroxylation is 2. The predicted molar refractivity (Wildman–Crippen MR) is 104 cm³/mol. The Kier molecular flexibility index (Phi) is 5.89. The second-order valence-corrected chi connectivity index (χ2v) is 7.04. The second kappa shape index (κ2) is 8.52. The summed E-state index contributed by atoms with van der Waals surface area (Å²) in [6, 6.07) is 13.4. The topological polar surface area (TPSA) is 88.1 Å². The van der Waals surface area contributed by atoms with E-state index in [-0.39, 0.29) is 24.4 Å². The van der Waals surface area contributed by atoms with Crippen LogP contribution in [0.2, 0.25) is 0 Å². The standard InChI is InChI=1S/C20H19N3O3S/c1-23-17-9-3-2-8-16(17)22-20(23)15(12-21)18(24)13-26-19(25)10-4-6-14-7-5-11-27-14/h2-3,5,7-9,11,24H,4,6,10,13H2,1H3/b18-15-. The largest absolute Gasteiger partial charge is 0.507 e. The summed E-state index contributed by atoms with van der Waals surface area (Å²) in [5.74, 6) is -0.368. The third kappa shape index (κ3) is 4.36. The number of hydrogen-bond acceptors (Lipinski definition) is 6. The van der Waals surface area contributed by atoms with E-state index in [0.29, 0.717) is 12.2 Å². The molecule has 0 aliphatic rings. The van der Waals surface area contributed by atoms with Crippen LogP contribution in [-0.4, -0.2) is 27.2 Å². The fourth-order valence-electron chi connectivity index (χ4n) is 2.77. The number of fused-ring (bicyclic) bond motifs is 1. The van der Waals surface area contributed by atoms with Crippen LogP contribution in [0.3, 0.4) is 0 Å². The van der Waals surface area contributed by atoms with Gasteiger partial charge in [-0.3, -0.25) is 4.79 Å². The molecule has 0 saturated carbocycles. The molecule has 138 valence electrons. The molecule has 0 aliphatic carbocycles. The molecule has 0 aliphatic heterocycles. The molecule has 7 heteroatoms. The zero-order chi connectivity index (χ0) is 19.2. The SMILES string of the molecule is Cn1c(/C(C#N)=C(\O)COC(=O)CCCc2cccs2)nc2ccccc21. The van der Waals surface area contributed by atoms with E-state index in [1.165, 1.54) is 4.88 Å². The first-order chi connectivity index (χ1) is 13.1. The highest BCUT2D eigenvalue weighted by Gasteiger charge is 2.17. The summed E-state index contributed by atoms with van der Waals surface area (Å²) < 4.78 is 6.84. The van der Waals surface area contributed by atoms with Crippen LogP contribution in [0.1, 0.15) is 23.5 Å². The van der Waals surface area contributed by atoms with Crippen molar-refractivity contribution in [2.75, 3.05) is 6.61 Å². The van der Waals surface area contributed by atoms with Gasteiger partial charge in [0.2, 0.25) is 0 Å². The summed E-state index contributed by atoms with van der Waals surface area (Å²) in [4.78, 5) is 17.5. The average Bonchev–Trinajstić information content (AvgIpc) is 3.30. The Morgan fingerprint density at radius 2 is 2.15 bits per heavy atom. The zero-order valence-corrected chi connectivity index (χ0v) is 15.7. The van der Waals surface area contributed by atoms with Gasteiger partial charge in [0.25, 0.3) is 0 Å². The minimum Gasteiger partial charge on any atom is -0.507 e. The third-order valence-electron chi connectivity index (χ3n) is 4.17. The van der Waals surface area contributed by atoms with Crippen molar-refractivity contribution >= 4 is 33.9 Å². The lowest BCUT2D eigenvalue weighted by molar-refractivity contribution is -0.143. The van der Waals surface area contributed by atoms with Crippen molar-refractivity contribution in [3.63, 3.8) is 0 Å². The number of benzene rings is 1. The van der Waals surface area contributed by atoms with E-state index in [0.717, 1.165) is 17.5 Å². The predicted octanol–water partition coefficient (Wildman–Crippen LogP) is 3.99. The molecule has 0 radical (unpaired) electrons. The number of hydrogen-bond donors (Lipinski definition) is 1. The number of aliphatic hydroxyl groups is 1. The highest BCUT2D eigenvalue weighted by Crippen LogP contribution is 2.22. The van der Waals surface area contributed by atoms with E-state index in [9.17, 15) is 15.2 Å². The Morgan fingerprint density at radius 3 is 2.85 bits per heavy atom. The minimum absolute atomic E-state index is 0.0000792. The van der Waals surface area contributed by atoms with Gasteiger partial charge >= 0.3 is 5.97 Å². The molecule has 3 rings (SSSR count). The smallest absolute Gasteiger partial charge is 0.306 e. The van der Waals surface area contributed by atoms with E-state index in [4.69, 9.17) is 4.74 Å². The van der Waals surface area contributed by atoms with Gasteiger partial charge in [-0.05, 0) is 36.4 Å². The fourth-order valence-corrected chi connectivity index (χ4v) is 3.52. The molecular weight excluding hydrogens is 362 g/mol. The number of allylic oxidation sites excluding steroid dienone is 1. The number of nitrogens with zero attached hydrogens (tertiary/aromatic N) is 3. The lowest BCUT2D eigenvalue weighted by atomic mass is 10.2.